The van der Waals surface area contributed by atoms with E-state index in [0.717, 1.165) is 12.8 Å². The lowest BCUT2D eigenvalue weighted by Crippen LogP contribution is -2.40. The maximum atomic E-state index is 5.31. The SMILES string of the molecule is C=CCCC(=[NH2+])OC. The lowest BCUT2D eigenvalue weighted by Gasteiger charge is -1.90. The second kappa shape index (κ2) is 4.37. The number of hydrogen-bond donors (Lipinski definition) is 1. The zero-order valence-corrected chi connectivity index (χ0v) is 5.18. The van der Waals surface area contributed by atoms with E-state index in [0.29, 0.717) is 5.90 Å². The first kappa shape index (κ1) is 7.21. The number of hydrogen-bond acceptors (Lipinski definition) is 1. The van der Waals surface area contributed by atoms with Crippen LogP contribution < -0.4 is 5.41 Å². The normalized spacial score (nSPS) is 8.12. The van der Waals surface area contributed by atoms with Crippen LogP contribution in [-0.2, 0) is 4.74 Å². The molecule has 0 spiro atoms. The molecule has 0 unspecified atom stereocenters. The van der Waals surface area contributed by atoms with Crippen LogP contribution in [0.3, 0.4) is 0 Å². The number of ether oxygens (including phenoxy) is 1. The predicted molar refractivity (Wildman–Crippen MR) is 33.4 cm³/mol. The highest BCUT2D eigenvalue weighted by atomic mass is 16.5. The van der Waals surface area contributed by atoms with Gasteiger partial charge in [-0.25, -0.2) is 5.41 Å². The van der Waals surface area contributed by atoms with E-state index < -0.39 is 0 Å². The molecule has 0 fully saturated rings. The molecule has 2 heteroatoms. The van der Waals surface area contributed by atoms with Crippen molar-refractivity contribution in [2.75, 3.05) is 7.11 Å². The standard InChI is InChI=1S/C6H11NO/c1-3-4-5-6(7)8-2/h3,7H,1,4-5H2,2H3/p+1. The highest BCUT2D eigenvalue weighted by Gasteiger charge is 1.95. The summed E-state index contributed by atoms with van der Waals surface area (Å²) in [6, 6.07) is 0. The minimum atomic E-state index is 0.574. The summed E-state index contributed by atoms with van der Waals surface area (Å²) in [5.74, 6) is 0.574. The molecular weight excluding hydrogens is 102 g/mol. The van der Waals surface area contributed by atoms with Gasteiger partial charge in [0, 0.05) is 0 Å². The van der Waals surface area contributed by atoms with Crippen molar-refractivity contribution in [3.05, 3.63) is 12.7 Å². The van der Waals surface area contributed by atoms with Crippen molar-refractivity contribution in [3.8, 4) is 0 Å². The molecule has 0 aromatic rings. The molecule has 0 aliphatic rings. The Hall–Kier alpha value is -0.790. The maximum Gasteiger partial charge on any atom is 0.332 e. The van der Waals surface area contributed by atoms with Gasteiger partial charge >= 0.3 is 5.90 Å². The summed E-state index contributed by atoms with van der Waals surface area (Å²) in [5, 5.41) is 5.31. The van der Waals surface area contributed by atoms with Crippen LogP contribution in [0.2, 0.25) is 0 Å². The Kier molecular flexibility index (Phi) is 3.94. The summed E-state index contributed by atoms with van der Waals surface area (Å²) in [7, 11) is 1.57. The van der Waals surface area contributed by atoms with Crippen LogP contribution in [0.5, 0.6) is 0 Å². The van der Waals surface area contributed by atoms with Crippen molar-refractivity contribution in [1.82, 2.24) is 0 Å². The van der Waals surface area contributed by atoms with Gasteiger partial charge < -0.3 is 4.74 Å². The third kappa shape index (κ3) is 3.40. The molecule has 0 aliphatic heterocycles. The molecule has 0 atom stereocenters. The molecule has 46 valence electrons. The first-order valence-electron chi connectivity index (χ1n) is 2.57. The number of methoxy groups -OCH3 is 1. The fraction of sp³-hybridized carbons (Fsp3) is 0.500. The highest BCUT2D eigenvalue weighted by molar-refractivity contribution is 5.69. The summed E-state index contributed by atoms with van der Waals surface area (Å²) >= 11 is 0. The molecule has 2 N–H and O–H groups in total. The number of rotatable bonds is 3. The third-order valence-corrected chi connectivity index (χ3v) is 0.857. The second-order valence-electron chi connectivity index (χ2n) is 1.50. The summed E-state index contributed by atoms with van der Waals surface area (Å²) < 4.78 is 4.70. The van der Waals surface area contributed by atoms with Crippen molar-refractivity contribution >= 4 is 5.90 Å². The van der Waals surface area contributed by atoms with E-state index in [1.54, 1.807) is 7.11 Å². The van der Waals surface area contributed by atoms with Crippen LogP contribution in [0.25, 0.3) is 0 Å². The average Bonchev–Trinajstić information content (AvgIpc) is 1.83. The van der Waals surface area contributed by atoms with Crippen molar-refractivity contribution < 1.29 is 10.1 Å². The topological polar surface area (TPSA) is 34.8 Å². The van der Waals surface area contributed by atoms with Crippen LogP contribution in [0, 0.1) is 0 Å². The van der Waals surface area contributed by atoms with Gasteiger partial charge in [0.05, 0.1) is 13.5 Å². The van der Waals surface area contributed by atoms with Gasteiger partial charge in [-0.15, -0.1) is 6.58 Å². The van der Waals surface area contributed by atoms with Gasteiger partial charge in [0.1, 0.15) is 0 Å². The van der Waals surface area contributed by atoms with E-state index >= 15 is 0 Å². The number of allylic oxidation sites excluding steroid dienone is 1. The summed E-state index contributed by atoms with van der Waals surface area (Å²) in [4.78, 5) is 0. The Labute approximate surface area is 49.7 Å². The van der Waals surface area contributed by atoms with Crippen LogP contribution in [-0.4, -0.2) is 13.0 Å². The van der Waals surface area contributed by atoms with Crippen LogP contribution >= 0.6 is 0 Å². The summed E-state index contributed by atoms with van der Waals surface area (Å²) in [6.45, 7) is 3.54. The first-order chi connectivity index (χ1) is 3.81. The third-order valence-electron chi connectivity index (χ3n) is 0.857. The summed E-state index contributed by atoms with van der Waals surface area (Å²) in [6.07, 6.45) is 3.48. The lowest BCUT2D eigenvalue weighted by atomic mass is 10.3. The van der Waals surface area contributed by atoms with Crippen molar-refractivity contribution in [2.24, 2.45) is 0 Å². The molecule has 0 heterocycles. The molecule has 0 saturated heterocycles. The van der Waals surface area contributed by atoms with Crippen LogP contribution in [0.1, 0.15) is 12.8 Å². The first-order valence-corrected chi connectivity index (χ1v) is 2.57. The molecule has 0 amide bonds. The van der Waals surface area contributed by atoms with Gasteiger partial charge in [0.2, 0.25) is 0 Å². The Balaban J connectivity index is 3.11. The minimum absolute atomic E-state index is 0.574. The van der Waals surface area contributed by atoms with E-state index in [1.165, 1.54) is 0 Å². The van der Waals surface area contributed by atoms with Gasteiger partial charge in [-0.3, -0.25) is 0 Å². The molecule has 0 bridgehead atoms. The fourth-order valence-corrected chi connectivity index (χ4v) is 0.346. The molecule has 0 radical (unpaired) electrons. The predicted octanol–water partition coefficient (Wildman–Crippen LogP) is -0.243. The number of nitrogens with two attached hydrogens (primary N) is 1. The fourth-order valence-electron chi connectivity index (χ4n) is 0.346. The van der Waals surface area contributed by atoms with Gasteiger partial charge in [-0.05, 0) is 6.42 Å². The van der Waals surface area contributed by atoms with Gasteiger partial charge in [-0.2, -0.15) is 0 Å². The zero-order valence-electron chi connectivity index (χ0n) is 5.18. The summed E-state index contributed by atoms with van der Waals surface area (Å²) in [5.41, 5.74) is 0. The molecule has 0 aromatic heterocycles. The largest absolute Gasteiger partial charge is 0.451 e. The Morgan fingerprint density at radius 2 is 2.50 bits per heavy atom. The van der Waals surface area contributed by atoms with E-state index in [-0.39, 0.29) is 0 Å². The molecule has 0 aliphatic carbocycles. The lowest BCUT2D eigenvalue weighted by molar-refractivity contribution is -0.140. The maximum absolute atomic E-state index is 5.31. The van der Waals surface area contributed by atoms with Crippen LogP contribution in [0.15, 0.2) is 12.7 Å². The van der Waals surface area contributed by atoms with Gasteiger partial charge in [0.15, 0.2) is 0 Å². The molecule has 0 saturated carbocycles. The quantitative estimate of drug-likeness (QED) is 0.306. The van der Waals surface area contributed by atoms with Gasteiger partial charge in [-0.1, -0.05) is 6.08 Å². The Morgan fingerprint density at radius 1 is 1.88 bits per heavy atom. The Morgan fingerprint density at radius 3 is 2.88 bits per heavy atom. The second-order valence-corrected chi connectivity index (χ2v) is 1.50. The Bertz CT molecular complexity index is 88.5. The van der Waals surface area contributed by atoms with Crippen molar-refractivity contribution in [1.29, 1.82) is 0 Å². The van der Waals surface area contributed by atoms with E-state index in [1.807, 2.05) is 6.08 Å². The molecule has 8 heavy (non-hydrogen) atoms. The zero-order chi connectivity index (χ0) is 6.41. The average molecular weight is 114 g/mol. The monoisotopic (exact) mass is 114 g/mol. The van der Waals surface area contributed by atoms with Crippen LogP contribution in [0.4, 0.5) is 0 Å². The van der Waals surface area contributed by atoms with E-state index in [2.05, 4.69) is 6.58 Å². The highest BCUT2D eigenvalue weighted by Crippen LogP contribution is 1.87. The smallest absolute Gasteiger partial charge is 0.332 e. The van der Waals surface area contributed by atoms with E-state index in [9.17, 15) is 0 Å². The molecular formula is C6H12NO+. The molecule has 0 rings (SSSR count). The van der Waals surface area contributed by atoms with E-state index in [4.69, 9.17) is 10.1 Å². The molecule has 0 aromatic carbocycles. The van der Waals surface area contributed by atoms with Gasteiger partial charge in [0.25, 0.3) is 0 Å². The van der Waals surface area contributed by atoms with Crippen molar-refractivity contribution in [3.63, 3.8) is 0 Å². The molecule has 2 nitrogen and oxygen atoms in total. The van der Waals surface area contributed by atoms with Crippen molar-refractivity contribution in [2.45, 2.75) is 12.8 Å². The minimum Gasteiger partial charge on any atom is -0.451 e.